The normalized spacial score (nSPS) is 18.8. The Bertz CT molecular complexity index is 570. The lowest BCUT2D eigenvalue weighted by molar-refractivity contribution is 0.0954. The summed E-state index contributed by atoms with van der Waals surface area (Å²) >= 11 is 0. The van der Waals surface area contributed by atoms with E-state index < -0.39 is 0 Å². The number of rotatable bonds is 4. The van der Waals surface area contributed by atoms with Crippen LogP contribution in [-0.2, 0) is 0 Å². The molecule has 100 valence electrons. The average Bonchev–Trinajstić information content (AvgIpc) is 3.07. The van der Waals surface area contributed by atoms with E-state index in [0.717, 1.165) is 36.0 Å². The Morgan fingerprint density at radius 1 is 1.37 bits per heavy atom. The summed E-state index contributed by atoms with van der Waals surface area (Å²) in [6, 6.07) is 8.44. The highest BCUT2D eigenvalue weighted by atomic mass is 16.1. The molecule has 1 aliphatic heterocycles. The summed E-state index contributed by atoms with van der Waals surface area (Å²) in [5.74, 6) is 0.00967. The van der Waals surface area contributed by atoms with Crippen molar-refractivity contribution in [1.29, 1.82) is 0 Å². The Labute approximate surface area is 112 Å². The van der Waals surface area contributed by atoms with Crippen molar-refractivity contribution in [2.45, 2.75) is 25.3 Å². The highest BCUT2D eigenvalue weighted by Gasteiger charge is 2.15. The summed E-state index contributed by atoms with van der Waals surface area (Å²) in [6.07, 6.45) is 5.27. The maximum Gasteiger partial charge on any atom is 0.253 e. The van der Waals surface area contributed by atoms with Gasteiger partial charge in [0, 0.05) is 29.7 Å². The topological polar surface area (TPSA) is 56.9 Å². The lowest BCUT2D eigenvalue weighted by Gasteiger charge is -2.10. The summed E-state index contributed by atoms with van der Waals surface area (Å²) < 4.78 is 0. The number of carbonyl (C=O) groups is 1. The minimum atomic E-state index is 0.00967. The molecule has 2 aromatic rings. The van der Waals surface area contributed by atoms with E-state index in [0.29, 0.717) is 6.04 Å². The zero-order chi connectivity index (χ0) is 13.1. The van der Waals surface area contributed by atoms with E-state index >= 15 is 0 Å². The largest absolute Gasteiger partial charge is 0.360 e. The first-order valence-corrected chi connectivity index (χ1v) is 6.92. The fourth-order valence-corrected chi connectivity index (χ4v) is 2.72. The highest BCUT2D eigenvalue weighted by Crippen LogP contribution is 2.17. The summed E-state index contributed by atoms with van der Waals surface area (Å²) in [6.45, 7) is 1.84. The molecular weight excluding hydrogens is 238 g/mol. The molecule has 1 aromatic heterocycles. The number of hydrogen-bond donors (Lipinski definition) is 3. The Kier molecular flexibility index (Phi) is 3.51. The van der Waals surface area contributed by atoms with E-state index in [1.54, 1.807) is 6.20 Å². The number of nitrogens with one attached hydrogen (secondary N) is 3. The average molecular weight is 257 g/mol. The Morgan fingerprint density at radius 2 is 2.26 bits per heavy atom. The molecule has 1 saturated heterocycles. The fourth-order valence-electron chi connectivity index (χ4n) is 2.72. The van der Waals surface area contributed by atoms with Crippen LogP contribution in [0.4, 0.5) is 0 Å². The first-order chi connectivity index (χ1) is 9.34. The van der Waals surface area contributed by atoms with Crippen LogP contribution in [0.15, 0.2) is 30.5 Å². The third-order valence-corrected chi connectivity index (χ3v) is 3.77. The summed E-state index contributed by atoms with van der Waals surface area (Å²) in [7, 11) is 0. The Balaban J connectivity index is 1.60. The number of hydrogen-bond acceptors (Lipinski definition) is 2. The number of amides is 1. The first kappa shape index (κ1) is 12.2. The van der Waals surface area contributed by atoms with Crippen LogP contribution in [-0.4, -0.2) is 30.0 Å². The van der Waals surface area contributed by atoms with E-state index in [9.17, 15) is 4.79 Å². The SMILES string of the molecule is O=C(NCCC1CCCN1)c1c[nH]c2ccccc12. The number of carbonyl (C=O) groups excluding carboxylic acids is 1. The Hall–Kier alpha value is -1.81. The number of aromatic nitrogens is 1. The van der Waals surface area contributed by atoms with Crippen molar-refractivity contribution < 1.29 is 4.79 Å². The van der Waals surface area contributed by atoms with Gasteiger partial charge in [0.25, 0.3) is 5.91 Å². The molecular formula is C15H19N3O. The summed E-state index contributed by atoms with van der Waals surface area (Å²) in [5, 5.41) is 7.43. The lowest BCUT2D eigenvalue weighted by Crippen LogP contribution is -2.30. The summed E-state index contributed by atoms with van der Waals surface area (Å²) in [4.78, 5) is 15.3. The molecule has 3 N–H and O–H groups in total. The molecule has 4 nitrogen and oxygen atoms in total. The van der Waals surface area contributed by atoms with E-state index in [1.807, 2.05) is 24.3 Å². The second-order valence-corrected chi connectivity index (χ2v) is 5.09. The Morgan fingerprint density at radius 3 is 3.11 bits per heavy atom. The molecule has 0 radical (unpaired) electrons. The van der Waals surface area contributed by atoms with Crippen molar-refractivity contribution in [2.24, 2.45) is 0 Å². The second-order valence-electron chi connectivity index (χ2n) is 5.09. The van der Waals surface area contributed by atoms with Gasteiger partial charge in [-0.2, -0.15) is 0 Å². The monoisotopic (exact) mass is 257 g/mol. The molecule has 1 fully saturated rings. The van der Waals surface area contributed by atoms with Gasteiger partial charge in [0.2, 0.25) is 0 Å². The van der Waals surface area contributed by atoms with Crippen molar-refractivity contribution in [3.63, 3.8) is 0 Å². The number of para-hydroxylation sites is 1. The minimum absolute atomic E-state index is 0.00967. The van der Waals surface area contributed by atoms with Crippen LogP contribution in [0, 0.1) is 0 Å². The van der Waals surface area contributed by atoms with Crippen molar-refractivity contribution in [1.82, 2.24) is 15.6 Å². The molecule has 3 rings (SSSR count). The smallest absolute Gasteiger partial charge is 0.253 e. The number of fused-ring (bicyclic) bond motifs is 1. The molecule has 0 aliphatic carbocycles. The molecule has 2 heterocycles. The van der Waals surface area contributed by atoms with Crippen LogP contribution < -0.4 is 10.6 Å². The zero-order valence-corrected chi connectivity index (χ0v) is 10.9. The van der Waals surface area contributed by atoms with Gasteiger partial charge in [-0.05, 0) is 31.9 Å². The van der Waals surface area contributed by atoms with E-state index in [2.05, 4.69) is 15.6 Å². The van der Waals surface area contributed by atoms with Crippen LogP contribution >= 0.6 is 0 Å². The van der Waals surface area contributed by atoms with Gasteiger partial charge < -0.3 is 15.6 Å². The zero-order valence-electron chi connectivity index (χ0n) is 10.9. The molecule has 0 spiro atoms. The molecule has 0 bridgehead atoms. The molecule has 4 heteroatoms. The number of aromatic amines is 1. The van der Waals surface area contributed by atoms with Crippen molar-refractivity contribution in [3.8, 4) is 0 Å². The maximum absolute atomic E-state index is 12.1. The van der Waals surface area contributed by atoms with Crippen LogP contribution in [0.1, 0.15) is 29.6 Å². The van der Waals surface area contributed by atoms with Crippen LogP contribution in [0.25, 0.3) is 10.9 Å². The van der Waals surface area contributed by atoms with Crippen molar-refractivity contribution >= 4 is 16.8 Å². The van der Waals surface area contributed by atoms with Gasteiger partial charge in [-0.1, -0.05) is 18.2 Å². The van der Waals surface area contributed by atoms with Gasteiger partial charge in [-0.15, -0.1) is 0 Å². The van der Waals surface area contributed by atoms with Crippen LogP contribution in [0.5, 0.6) is 0 Å². The fraction of sp³-hybridized carbons (Fsp3) is 0.400. The molecule has 1 amide bonds. The molecule has 1 aliphatic rings. The van der Waals surface area contributed by atoms with Gasteiger partial charge in [0.15, 0.2) is 0 Å². The van der Waals surface area contributed by atoms with Crippen molar-refractivity contribution in [3.05, 3.63) is 36.0 Å². The molecule has 0 saturated carbocycles. The minimum Gasteiger partial charge on any atom is -0.360 e. The van der Waals surface area contributed by atoms with Crippen molar-refractivity contribution in [2.75, 3.05) is 13.1 Å². The van der Waals surface area contributed by atoms with Gasteiger partial charge in [0.05, 0.1) is 5.56 Å². The molecule has 1 unspecified atom stereocenters. The quantitative estimate of drug-likeness (QED) is 0.785. The van der Waals surface area contributed by atoms with Crippen LogP contribution in [0.2, 0.25) is 0 Å². The van der Waals surface area contributed by atoms with Gasteiger partial charge >= 0.3 is 0 Å². The summed E-state index contributed by atoms with van der Waals surface area (Å²) in [5.41, 5.74) is 1.74. The van der Waals surface area contributed by atoms with Gasteiger partial charge in [0.1, 0.15) is 0 Å². The van der Waals surface area contributed by atoms with Gasteiger partial charge in [-0.3, -0.25) is 4.79 Å². The second kappa shape index (κ2) is 5.45. The standard InChI is InChI=1S/C15H19N3O/c19-15(17-9-7-11-4-3-8-16-11)13-10-18-14-6-2-1-5-12(13)14/h1-2,5-6,10-11,16,18H,3-4,7-9H2,(H,17,19). The van der Waals surface area contributed by atoms with E-state index in [1.165, 1.54) is 12.8 Å². The van der Waals surface area contributed by atoms with Crippen LogP contribution in [0.3, 0.4) is 0 Å². The van der Waals surface area contributed by atoms with Gasteiger partial charge in [-0.25, -0.2) is 0 Å². The number of benzene rings is 1. The first-order valence-electron chi connectivity index (χ1n) is 6.92. The third-order valence-electron chi connectivity index (χ3n) is 3.77. The third kappa shape index (κ3) is 2.63. The lowest BCUT2D eigenvalue weighted by atomic mass is 10.1. The van der Waals surface area contributed by atoms with E-state index in [4.69, 9.17) is 0 Å². The van der Waals surface area contributed by atoms with E-state index in [-0.39, 0.29) is 5.91 Å². The maximum atomic E-state index is 12.1. The predicted octanol–water partition coefficient (Wildman–Crippen LogP) is 2.04. The predicted molar refractivity (Wildman–Crippen MR) is 76.3 cm³/mol. The number of H-pyrrole nitrogens is 1. The molecule has 1 atom stereocenters. The highest BCUT2D eigenvalue weighted by molar-refractivity contribution is 6.06. The molecule has 19 heavy (non-hydrogen) atoms. The molecule has 1 aromatic carbocycles.